The zero-order chi connectivity index (χ0) is 12.7. The van der Waals surface area contributed by atoms with Gasteiger partial charge in [0.15, 0.2) is 0 Å². The molecule has 4 rings (SSSR count). The molecule has 0 N–H and O–H groups in total. The molecule has 2 aromatic carbocycles. The first kappa shape index (κ1) is 13.0. The van der Waals surface area contributed by atoms with Crippen molar-refractivity contribution in [3.63, 3.8) is 0 Å². The van der Waals surface area contributed by atoms with Crippen LogP contribution in [0, 0.1) is 0 Å². The molecule has 2 aromatic rings. The number of hydrogen-bond acceptors (Lipinski definition) is 5. The average Bonchev–Trinajstić information content (AvgIpc) is 3.00. The first-order valence-corrected chi connectivity index (χ1v) is 17.5. The van der Waals surface area contributed by atoms with Crippen molar-refractivity contribution in [1.29, 1.82) is 0 Å². The van der Waals surface area contributed by atoms with Crippen LogP contribution in [0.3, 0.4) is 0 Å². The molecule has 0 unspecified atom stereocenters. The van der Waals surface area contributed by atoms with Crippen molar-refractivity contribution in [2.24, 2.45) is 0 Å². The Labute approximate surface area is 133 Å². The third-order valence-corrected chi connectivity index (χ3v) is 24.7. The van der Waals surface area contributed by atoms with E-state index in [9.17, 15) is 0 Å². The molecule has 0 saturated carbocycles. The van der Waals surface area contributed by atoms with Crippen LogP contribution < -0.4 is 6.03 Å². The first-order chi connectivity index (χ1) is 9.38. The molecule has 2 aliphatic rings. The number of benzene rings is 2. The summed E-state index contributed by atoms with van der Waals surface area (Å²) in [6.45, 7) is 0. The van der Waals surface area contributed by atoms with Crippen LogP contribution in [0.25, 0.3) is 0 Å². The van der Waals surface area contributed by atoms with Gasteiger partial charge >= 0.3 is 134 Å². The van der Waals surface area contributed by atoms with Gasteiger partial charge in [-0.3, -0.25) is 0 Å². The molecule has 96 valence electrons. The van der Waals surface area contributed by atoms with Gasteiger partial charge < -0.3 is 0 Å². The summed E-state index contributed by atoms with van der Waals surface area (Å²) in [7, 11) is 3.59. The first-order valence-electron chi connectivity index (χ1n) is 5.57. The molecule has 7 heteroatoms. The summed E-state index contributed by atoms with van der Waals surface area (Å²) in [4.78, 5) is 2.43. The zero-order valence-corrected chi connectivity index (χ0v) is 16.3. The van der Waals surface area contributed by atoms with E-state index in [0.717, 1.165) is 11.5 Å². The van der Waals surface area contributed by atoms with E-state index in [1.54, 1.807) is 17.7 Å². The molecule has 0 bridgehead atoms. The van der Waals surface area contributed by atoms with Crippen molar-refractivity contribution in [1.82, 2.24) is 0 Å². The molecule has 0 radical (unpaired) electrons. The summed E-state index contributed by atoms with van der Waals surface area (Å²) < 4.78 is 18.1. The molecule has 0 aromatic heterocycles. The maximum atomic E-state index is 6.19. The molecule has 0 aliphatic carbocycles. The van der Waals surface area contributed by atoms with Crippen LogP contribution in [0.2, 0.25) is 0 Å². The molecule has 0 amide bonds. The predicted molar refractivity (Wildman–Crippen MR) is 78.4 cm³/mol. The van der Waals surface area contributed by atoms with Crippen molar-refractivity contribution in [2.45, 2.75) is 9.79 Å². The Morgan fingerprint density at radius 1 is 0.737 bits per heavy atom. The Bertz CT molecular complexity index is 522. The molecule has 0 saturated heterocycles. The van der Waals surface area contributed by atoms with E-state index in [4.69, 9.17) is 7.32 Å². The average molecular weight is 508 g/mol. The van der Waals surface area contributed by atoms with Gasteiger partial charge in [0.05, 0.1) is 0 Å². The monoisotopic (exact) mass is 506 g/mol. The van der Waals surface area contributed by atoms with Gasteiger partial charge in [-0.1, -0.05) is 0 Å². The van der Waals surface area contributed by atoms with E-state index in [1.807, 2.05) is 36.4 Å². The summed E-state index contributed by atoms with van der Waals surface area (Å²) >= 11 is -4.32. The summed E-state index contributed by atoms with van der Waals surface area (Å²) in [5.74, 6) is 1.97. The van der Waals surface area contributed by atoms with Crippen LogP contribution in [0.5, 0.6) is 11.5 Å². The van der Waals surface area contributed by atoms with Gasteiger partial charge in [0, 0.05) is 0 Å². The maximum absolute atomic E-state index is 6.19. The molecule has 0 fully saturated rings. The van der Waals surface area contributed by atoms with Crippen molar-refractivity contribution in [2.75, 3.05) is 0 Å². The number of para-hydroxylation sites is 2. The summed E-state index contributed by atoms with van der Waals surface area (Å²) in [5.41, 5.74) is 0. The fourth-order valence-electron chi connectivity index (χ4n) is 1.68. The molecule has 2 aliphatic heterocycles. The zero-order valence-electron chi connectivity index (χ0n) is 9.55. The molecular formula is C12H8O3S2Sb2. The van der Waals surface area contributed by atoms with Crippen LogP contribution in [0.1, 0.15) is 0 Å². The summed E-state index contributed by atoms with van der Waals surface area (Å²) in [6, 6.07) is 16.3. The Morgan fingerprint density at radius 3 is 1.68 bits per heavy atom. The predicted octanol–water partition coefficient (Wildman–Crippen LogP) is 3.34. The second kappa shape index (κ2) is 5.61. The second-order valence-corrected chi connectivity index (χ2v) is 19.3. The standard InChI is InChI=1S/2C6H6OS.O.2Sb/c2*7-5-3-1-2-4-6(5)8;;;/h2*1-4,7-8H;;;/q;;;2*+2/p-4. The quantitative estimate of drug-likeness (QED) is 0.582. The third-order valence-electron chi connectivity index (χ3n) is 2.52. The molecule has 3 nitrogen and oxygen atoms in total. The number of hydrogen-bond donors (Lipinski definition) is 0. The minimum absolute atomic E-state index is 0.984. The van der Waals surface area contributed by atoms with Crippen molar-refractivity contribution < 1.29 is 7.32 Å². The van der Waals surface area contributed by atoms with Gasteiger partial charge in [0.2, 0.25) is 0 Å². The van der Waals surface area contributed by atoms with Gasteiger partial charge in [0.1, 0.15) is 0 Å². The van der Waals surface area contributed by atoms with Crippen molar-refractivity contribution in [3.8, 4) is 11.5 Å². The summed E-state index contributed by atoms with van der Waals surface area (Å²) in [6.07, 6.45) is 0. The fraction of sp³-hybridized carbons (Fsp3) is 0. The molecular weight excluding hydrogens is 500 g/mol. The molecule has 0 spiro atoms. The molecule has 0 atom stereocenters. The van der Waals surface area contributed by atoms with Crippen LogP contribution in [0.4, 0.5) is 0 Å². The van der Waals surface area contributed by atoms with Gasteiger partial charge in [-0.25, -0.2) is 0 Å². The Balaban J connectivity index is 1.43. The van der Waals surface area contributed by atoms with E-state index >= 15 is 0 Å². The van der Waals surface area contributed by atoms with Crippen molar-refractivity contribution >= 4 is 57.0 Å². The SMILES string of the molecule is c1ccc2c(c1)[O][Sb]([O][Sb]1[O]c3ccccc3[S]1)[S]2. The van der Waals surface area contributed by atoms with Crippen LogP contribution in [0.15, 0.2) is 58.3 Å². The Kier molecular flexibility index (Phi) is 3.85. The number of rotatable bonds is 2. The van der Waals surface area contributed by atoms with E-state index in [0.29, 0.717) is 0 Å². The van der Waals surface area contributed by atoms with Crippen molar-refractivity contribution in [3.05, 3.63) is 48.5 Å². The normalized spacial score (nSPS) is 17.7. The van der Waals surface area contributed by atoms with E-state index in [2.05, 4.69) is 12.1 Å². The minimum atomic E-state index is -2.16. The Morgan fingerprint density at radius 2 is 1.21 bits per heavy atom. The van der Waals surface area contributed by atoms with Gasteiger partial charge in [-0.15, -0.1) is 0 Å². The van der Waals surface area contributed by atoms with Crippen LogP contribution in [-0.4, -0.2) is 39.3 Å². The van der Waals surface area contributed by atoms with Gasteiger partial charge in [-0.05, 0) is 0 Å². The fourth-order valence-corrected chi connectivity index (χ4v) is 27.7. The Hall–Kier alpha value is 0.336. The van der Waals surface area contributed by atoms with Crippen LogP contribution in [-0.2, 0) is 1.29 Å². The van der Waals surface area contributed by atoms with Gasteiger partial charge in [-0.2, -0.15) is 0 Å². The third kappa shape index (κ3) is 2.73. The molecule has 19 heavy (non-hydrogen) atoms. The molecule has 2 heterocycles. The second-order valence-electron chi connectivity index (χ2n) is 3.79. The van der Waals surface area contributed by atoms with E-state index in [-0.39, 0.29) is 0 Å². The number of fused-ring (bicyclic) bond motifs is 2. The topological polar surface area (TPSA) is 27.7 Å². The van der Waals surface area contributed by atoms with E-state index in [1.165, 1.54) is 9.79 Å². The van der Waals surface area contributed by atoms with E-state index < -0.39 is 39.3 Å². The summed E-state index contributed by atoms with van der Waals surface area (Å²) in [5, 5.41) is 0. The van der Waals surface area contributed by atoms with Crippen LogP contribution >= 0.6 is 17.7 Å². The van der Waals surface area contributed by atoms with Gasteiger partial charge in [0.25, 0.3) is 0 Å².